The molecule has 10 heavy (non-hydrogen) atoms. The summed E-state index contributed by atoms with van der Waals surface area (Å²) in [5.74, 6) is 0.346. The van der Waals surface area contributed by atoms with E-state index in [1.165, 1.54) is 0 Å². The molecule has 2 N–H and O–H groups in total. The van der Waals surface area contributed by atoms with Gasteiger partial charge in [-0.1, -0.05) is 6.92 Å². The summed E-state index contributed by atoms with van der Waals surface area (Å²) in [5.41, 5.74) is 0. The minimum atomic E-state index is -1.85. The van der Waals surface area contributed by atoms with Crippen LogP contribution in [-0.4, -0.2) is 24.8 Å². The predicted octanol–water partition coefficient (Wildman–Crippen LogP) is 1.20. The Labute approximate surface area is 64.0 Å². The Morgan fingerprint density at radius 2 is 1.90 bits per heavy atom. The number of hydrogen-bond donors (Lipinski definition) is 2. The highest BCUT2D eigenvalue weighted by Gasteiger charge is 2.17. The van der Waals surface area contributed by atoms with E-state index >= 15 is 0 Å². The van der Waals surface area contributed by atoms with Crippen molar-refractivity contribution in [3.63, 3.8) is 0 Å². The molecule has 62 valence electrons. The minimum absolute atomic E-state index is 0.241. The number of rotatable bonds is 4. The van der Waals surface area contributed by atoms with Gasteiger partial charge in [0.05, 0.1) is 0 Å². The van der Waals surface area contributed by atoms with Crippen LogP contribution in [-0.2, 0) is 0 Å². The van der Waals surface area contributed by atoms with Gasteiger partial charge in [0, 0.05) is 6.61 Å². The Balaban J connectivity index is 3.36. The van der Waals surface area contributed by atoms with Gasteiger partial charge in [-0.15, -0.1) is 0 Å². The van der Waals surface area contributed by atoms with Crippen LogP contribution in [0.3, 0.4) is 0 Å². The van der Waals surface area contributed by atoms with E-state index in [1.54, 1.807) is 0 Å². The average molecular weight is 162 g/mol. The van der Waals surface area contributed by atoms with Crippen LogP contribution in [0.25, 0.3) is 0 Å². The Bertz CT molecular complexity index is 88.1. The molecule has 0 aliphatic rings. The second-order valence-electron chi connectivity index (χ2n) is 3.64. The zero-order valence-corrected chi connectivity index (χ0v) is 8.09. The fraction of sp³-hybridized carbons (Fsp3) is 1.00. The molecule has 0 radical (unpaired) electrons. The molecule has 0 heterocycles. The highest BCUT2D eigenvalue weighted by Crippen LogP contribution is 2.13. The first-order valence-electron chi connectivity index (χ1n) is 3.79. The van der Waals surface area contributed by atoms with Crippen molar-refractivity contribution in [1.29, 1.82) is 0 Å². The molecule has 0 amide bonds. The van der Waals surface area contributed by atoms with Crippen molar-refractivity contribution >= 4 is 8.32 Å². The quantitative estimate of drug-likeness (QED) is 0.610. The molecule has 0 aromatic rings. The molecule has 1 unspecified atom stereocenters. The first kappa shape index (κ1) is 10.1. The lowest BCUT2D eigenvalue weighted by Gasteiger charge is -2.15. The molecule has 0 aromatic carbocycles. The van der Waals surface area contributed by atoms with Gasteiger partial charge in [-0.25, -0.2) is 0 Å². The number of hydrogen-bond acceptors (Lipinski definition) is 2. The van der Waals surface area contributed by atoms with Crippen LogP contribution < -0.4 is 0 Å². The monoisotopic (exact) mass is 162 g/mol. The van der Waals surface area contributed by atoms with Gasteiger partial charge in [0.2, 0.25) is 0 Å². The van der Waals surface area contributed by atoms with Crippen LogP contribution in [0.5, 0.6) is 0 Å². The largest absolute Gasteiger partial charge is 0.432 e. The van der Waals surface area contributed by atoms with E-state index in [0.29, 0.717) is 5.92 Å². The molecule has 0 aliphatic carbocycles. The molecule has 0 saturated heterocycles. The summed E-state index contributed by atoms with van der Waals surface area (Å²) in [7, 11) is -1.85. The van der Waals surface area contributed by atoms with E-state index in [-0.39, 0.29) is 6.61 Å². The Morgan fingerprint density at radius 3 is 2.20 bits per heavy atom. The lowest BCUT2D eigenvalue weighted by atomic mass is 10.1. The third-order valence-electron chi connectivity index (χ3n) is 1.56. The Hall–Kier alpha value is 0.137. The third-order valence-corrected chi connectivity index (χ3v) is 3.07. The van der Waals surface area contributed by atoms with Crippen LogP contribution in [0.15, 0.2) is 0 Å². The van der Waals surface area contributed by atoms with Gasteiger partial charge in [0.1, 0.15) is 0 Å². The molecule has 0 fully saturated rings. The maximum Gasteiger partial charge on any atom is 0.182 e. The van der Waals surface area contributed by atoms with Crippen molar-refractivity contribution in [2.24, 2.45) is 5.92 Å². The van der Waals surface area contributed by atoms with Crippen molar-refractivity contribution in [1.82, 2.24) is 0 Å². The summed E-state index contributed by atoms with van der Waals surface area (Å²) in [6.45, 7) is 6.10. The fourth-order valence-electron chi connectivity index (χ4n) is 0.691. The van der Waals surface area contributed by atoms with Gasteiger partial charge in [-0.3, -0.25) is 0 Å². The van der Waals surface area contributed by atoms with Crippen molar-refractivity contribution in [3.8, 4) is 0 Å². The SMILES string of the molecule is CC(CO)CC[Si](C)(C)O. The summed E-state index contributed by atoms with van der Waals surface area (Å²) in [6, 6.07) is 0.898. The third kappa shape index (κ3) is 6.26. The maximum absolute atomic E-state index is 9.42. The maximum atomic E-state index is 9.42. The first-order valence-corrected chi connectivity index (χ1v) is 6.94. The first-order chi connectivity index (χ1) is 4.45. The van der Waals surface area contributed by atoms with Crippen molar-refractivity contribution in [2.75, 3.05) is 6.61 Å². The normalized spacial score (nSPS) is 15.3. The molecule has 0 saturated carbocycles. The van der Waals surface area contributed by atoms with E-state index in [2.05, 4.69) is 0 Å². The van der Waals surface area contributed by atoms with Gasteiger partial charge < -0.3 is 9.90 Å². The minimum Gasteiger partial charge on any atom is -0.432 e. The van der Waals surface area contributed by atoms with Crippen LogP contribution in [0.4, 0.5) is 0 Å². The van der Waals surface area contributed by atoms with E-state index in [9.17, 15) is 4.80 Å². The molecule has 3 heteroatoms. The summed E-state index contributed by atoms with van der Waals surface area (Å²) in [5, 5.41) is 8.67. The lowest BCUT2D eigenvalue weighted by Crippen LogP contribution is -2.25. The van der Waals surface area contributed by atoms with Gasteiger partial charge in [-0.2, -0.15) is 0 Å². The summed E-state index contributed by atoms with van der Waals surface area (Å²) in [4.78, 5) is 9.42. The van der Waals surface area contributed by atoms with E-state index in [1.807, 2.05) is 20.0 Å². The van der Waals surface area contributed by atoms with Crippen LogP contribution >= 0.6 is 0 Å². The molecule has 2 nitrogen and oxygen atoms in total. The average Bonchev–Trinajstić information content (AvgIpc) is 1.81. The zero-order valence-electron chi connectivity index (χ0n) is 7.09. The van der Waals surface area contributed by atoms with Gasteiger partial charge >= 0.3 is 0 Å². The summed E-state index contributed by atoms with van der Waals surface area (Å²) in [6.07, 6.45) is 0.951. The molecule has 1 atom stereocenters. The fourth-order valence-corrected chi connectivity index (χ4v) is 1.89. The van der Waals surface area contributed by atoms with Crippen molar-refractivity contribution in [2.45, 2.75) is 32.5 Å². The van der Waals surface area contributed by atoms with E-state index in [4.69, 9.17) is 5.11 Å². The second-order valence-corrected chi connectivity index (χ2v) is 7.76. The zero-order chi connectivity index (χ0) is 8.20. The van der Waals surface area contributed by atoms with Crippen molar-refractivity contribution < 1.29 is 9.90 Å². The summed E-state index contributed by atoms with van der Waals surface area (Å²) >= 11 is 0. The standard InChI is InChI=1S/C7H18O2Si/c1-7(6-8)4-5-10(2,3)9/h7-9H,4-6H2,1-3H3. The molecule has 0 aromatic heterocycles. The molecule has 0 aliphatic heterocycles. The number of aliphatic hydroxyl groups is 1. The van der Waals surface area contributed by atoms with Crippen LogP contribution in [0.1, 0.15) is 13.3 Å². The molecular weight excluding hydrogens is 144 g/mol. The predicted molar refractivity (Wildman–Crippen MR) is 45.4 cm³/mol. The molecule has 0 bridgehead atoms. The Kier molecular flexibility index (Phi) is 4.16. The second kappa shape index (κ2) is 4.11. The topological polar surface area (TPSA) is 40.5 Å². The summed E-state index contributed by atoms with van der Waals surface area (Å²) < 4.78 is 0. The molecule has 0 rings (SSSR count). The van der Waals surface area contributed by atoms with Gasteiger partial charge in [-0.05, 0) is 31.5 Å². The van der Waals surface area contributed by atoms with Gasteiger partial charge in [0.25, 0.3) is 0 Å². The highest BCUT2D eigenvalue weighted by molar-refractivity contribution is 6.69. The lowest BCUT2D eigenvalue weighted by molar-refractivity contribution is 0.233. The molecular formula is C7H18O2Si. The van der Waals surface area contributed by atoms with E-state index < -0.39 is 8.32 Å². The van der Waals surface area contributed by atoms with Gasteiger partial charge in [0.15, 0.2) is 8.32 Å². The van der Waals surface area contributed by atoms with Crippen LogP contribution in [0.2, 0.25) is 19.1 Å². The van der Waals surface area contributed by atoms with E-state index in [0.717, 1.165) is 12.5 Å². The highest BCUT2D eigenvalue weighted by atomic mass is 28.4. The Morgan fingerprint density at radius 1 is 1.40 bits per heavy atom. The van der Waals surface area contributed by atoms with Crippen LogP contribution in [0, 0.1) is 5.92 Å². The van der Waals surface area contributed by atoms with Crippen molar-refractivity contribution in [3.05, 3.63) is 0 Å². The number of aliphatic hydroxyl groups excluding tert-OH is 1. The molecule has 0 spiro atoms. The smallest absolute Gasteiger partial charge is 0.182 e.